The summed E-state index contributed by atoms with van der Waals surface area (Å²) >= 11 is 24.1. The Morgan fingerprint density at radius 1 is 0.774 bits per heavy atom. The van der Waals surface area contributed by atoms with Crippen LogP contribution in [0.5, 0.6) is 0 Å². The largest absolute Gasteiger partial charge is 0.286 e. The third-order valence-corrected chi connectivity index (χ3v) is 7.82. The maximum atomic E-state index is 13.6. The van der Waals surface area contributed by atoms with Gasteiger partial charge in [-0.1, -0.05) is 64.6 Å². The lowest BCUT2D eigenvalue weighted by Gasteiger charge is -2.23. The van der Waals surface area contributed by atoms with Gasteiger partial charge in [-0.3, -0.25) is 9.69 Å². The highest BCUT2D eigenvalue weighted by atomic mass is 35.5. The van der Waals surface area contributed by atoms with Crippen molar-refractivity contribution in [3.63, 3.8) is 0 Å². The van der Waals surface area contributed by atoms with Crippen LogP contribution in [-0.4, -0.2) is 14.3 Å². The molecule has 1 atom stereocenters. The minimum Gasteiger partial charge on any atom is -0.286 e. The average Bonchev–Trinajstić information content (AvgIpc) is 2.91. The summed E-state index contributed by atoms with van der Waals surface area (Å²) in [5.74, 6) is -0.673. The number of hydrogen-bond acceptors (Lipinski definition) is 3. The molecule has 31 heavy (non-hydrogen) atoms. The molecule has 1 heterocycles. The molecule has 9 heteroatoms. The van der Waals surface area contributed by atoms with Crippen LogP contribution in [0, 0.1) is 0 Å². The summed E-state index contributed by atoms with van der Waals surface area (Å²) in [4.78, 5) is 14.2. The van der Waals surface area contributed by atoms with Gasteiger partial charge in [0.15, 0.2) is 5.37 Å². The molecule has 0 radical (unpaired) electrons. The second-order valence-electron chi connectivity index (χ2n) is 6.77. The molecule has 0 spiro atoms. The van der Waals surface area contributed by atoms with E-state index in [9.17, 15) is 13.2 Å². The van der Waals surface area contributed by atoms with Crippen molar-refractivity contribution in [1.29, 1.82) is 0 Å². The fourth-order valence-electron chi connectivity index (χ4n) is 3.32. The second kappa shape index (κ2) is 8.49. The van der Waals surface area contributed by atoms with Crippen LogP contribution in [0.1, 0.15) is 16.5 Å². The standard InChI is InChI=1S/C22H13Cl4NO3S/c23-15-4-1-13(2-5-15)22-27(18-9-7-16(24)8-10-18)21(28)20(31(22,29)30)11-14-3-6-17(25)12-19(14)26/h1-12,22H/b20-11-/t22-/m1/s1. The fourth-order valence-corrected chi connectivity index (χ4v) is 5.92. The van der Waals surface area contributed by atoms with Gasteiger partial charge in [0.05, 0.1) is 0 Å². The number of halogens is 4. The van der Waals surface area contributed by atoms with Crippen LogP contribution in [0.15, 0.2) is 71.6 Å². The SMILES string of the molecule is O=C1/C(=C/c2ccc(Cl)cc2Cl)S(=O)(=O)[C@H](c2ccc(Cl)cc2)N1c1ccc(Cl)cc1. The van der Waals surface area contributed by atoms with Crippen LogP contribution in [0.4, 0.5) is 5.69 Å². The highest BCUT2D eigenvalue weighted by Crippen LogP contribution is 2.44. The first kappa shape index (κ1) is 22.2. The predicted molar refractivity (Wildman–Crippen MR) is 126 cm³/mol. The van der Waals surface area contributed by atoms with Crippen molar-refractivity contribution in [1.82, 2.24) is 0 Å². The molecule has 1 amide bonds. The van der Waals surface area contributed by atoms with Gasteiger partial charge in [-0.25, -0.2) is 8.42 Å². The zero-order valence-corrected chi connectivity index (χ0v) is 19.4. The molecule has 0 unspecified atom stereocenters. The predicted octanol–water partition coefficient (Wildman–Crippen LogP) is 6.80. The van der Waals surface area contributed by atoms with Crippen LogP contribution in [0.3, 0.4) is 0 Å². The molecule has 3 aromatic carbocycles. The molecule has 158 valence electrons. The molecular formula is C22H13Cl4NO3S. The van der Waals surface area contributed by atoms with Gasteiger partial charge in [-0.2, -0.15) is 0 Å². The molecule has 1 fully saturated rings. The van der Waals surface area contributed by atoms with Gasteiger partial charge >= 0.3 is 0 Å². The van der Waals surface area contributed by atoms with Gasteiger partial charge in [-0.05, 0) is 65.7 Å². The Balaban J connectivity index is 1.92. The third kappa shape index (κ3) is 4.21. The van der Waals surface area contributed by atoms with E-state index >= 15 is 0 Å². The smallest absolute Gasteiger partial charge is 0.271 e. The summed E-state index contributed by atoms with van der Waals surface area (Å²) in [5.41, 5.74) is 1.16. The molecule has 1 aliphatic heterocycles. The molecule has 0 aliphatic carbocycles. The Morgan fingerprint density at radius 3 is 1.90 bits per heavy atom. The van der Waals surface area contributed by atoms with Crippen LogP contribution in [0.25, 0.3) is 6.08 Å². The van der Waals surface area contributed by atoms with E-state index < -0.39 is 21.1 Å². The maximum Gasteiger partial charge on any atom is 0.271 e. The molecule has 4 rings (SSSR count). The van der Waals surface area contributed by atoms with Crippen LogP contribution in [0.2, 0.25) is 20.1 Å². The van der Waals surface area contributed by atoms with Gasteiger partial charge in [-0.15, -0.1) is 0 Å². The Kier molecular flexibility index (Phi) is 6.08. The Morgan fingerprint density at radius 2 is 1.32 bits per heavy atom. The summed E-state index contributed by atoms with van der Waals surface area (Å²) in [6, 6.07) is 17.3. The minimum absolute atomic E-state index is 0.232. The average molecular weight is 513 g/mol. The first-order chi connectivity index (χ1) is 14.7. The van der Waals surface area contributed by atoms with Gasteiger partial charge in [0.2, 0.25) is 9.84 Å². The summed E-state index contributed by atoms with van der Waals surface area (Å²) in [6.45, 7) is 0. The zero-order valence-electron chi connectivity index (χ0n) is 15.6. The van der Waals surface area contributed by atoms with E-state index in [0.717, 1.165) is 0 Å². The quantitative estimate of drug-likeness (QED) is 0.362. The van der Waals surface area contributed by atoms with Crippen molar-refractivity contribution in [3.8, 4) is 0 Å². The van der Waals surface area contributed by atoms with Crippen molar-refractivity contribution in [2.24, 2.45) is 0 Å². The van der Waals surface area contributed by atoms with Crippen molar-refractivity contribution >= 4 is 73.9 Å². The van der Waals surface area contributed by atoms with Gasteiger partial charge in [0, 0.05) is 25.8 Å². The van der Waals surface area contributed by atoms with Crippen LogP contribution < -0.4 is 4.90 Å². The summed E-state index contributed by atoms with van der Waals surface area (Å²) in [7, 11) is -4.11. The van der Waals surface area contributed by atoms with Crippen LogP contribution in [-0.2, 0) is 14.6 Å². The van der Waals surface area contributed by atoms with E-state index in [1.165, 1.54) is 17.0 Å². The van der Waals surface area contributed by atoms with Crippen molar-refractivity contribution in [2.45, 2.75) is 5.37 Å². The van der Waals surface area contributed by atoms with Gasteiger partial charge < -0.3 is 0 Å². The minimum atomic E-state index is -4.11. The fraction of sp³-hybridized carbons (Fsp3) is 0.0455. The molecule has 0 saturated carbocycles. The maximum absolute atomic E-state index is 13.6. The third-order valence-electron chi connectivity index (χ3n) is 4.77. The van der Waals surface area contributed by atoms with E-state index in [4.69, 9.17) is 46.4 Å². The van der Waals surface area contributed by atoms with E-state index in [1.807, 2.05) is 0 Å². The van der Waals surface area contributed by atoms with Gasteiger partial charge in [0.25, 0.3) is 5.91 Å². The molecule has 1 saturated heterocycles. The topological polar surface area (TPSA) is 54.5 Å². The van der Waals surface area contributed by atoms with Crippen molar-refractivity contribution in [2.75, 3.05) is 4.90 Å². The molecular weight excluding hydrogens is 500 g/mol. The van der Waals surface area contributed by atoms with E-state index in [-0.39, 0.29) is 9.93 Å². The first-order valence-electron chi connectivity index (χ1n) is 8.94. The number of anilines is 1. The Labute approximate surface area is 199 Å². The number of carbonyl (C=O) groups is 1. The molecule has 3 aromatic rings. The summed E-state index contributed by atoms with van der Waals surface area (Å²) < 4.78 is 27.1. The number of hydrogen-bond donors (Lipinski definition) is 0. The highest BCUT2D eigenvalue weighted by molar-refractivity contribution is 7.97. The van der Waals surface area contributed by atoms with E-state index in [0.29, 0.717) is 31.9 Å². The van der Waals surface area contributed by atoms with Crippen molar-refractivity contribution in [3.05, 3.63) is 103 Å². The highest BCUT2D eigenvalue weighted by Gasteiger charge is 2.50. The normalized spacial score (nSPS) is 19.2. The lowest BCUT2D eigenvalue weighted by Crippen LogP contribution is -2.28. The summed E-state index contributed by atoms with van der Waals surface area (Å²) in [6.07, 6.45) is 1.27. The lowest BCUT2D eigenvalue weighted by atomic mass is 10.1. The Hall–Kier alpha value is -2.02. The summed E-state index contributed by atoms with van der Waals surface area (Å²) in [5, 5.41) is 0.276. The van der Waals surface area contributed by atoms with Crippen LogP contribution >= 0.6 is 46.4 Å². The number of sulfone groups is 1. The number of amides is 1. The molecule has 4 nitrogen and oxygen atoms in total. The number of rotatable bonds is 3. The first-order valence-corrected chi connectivity index (χ1v) is 12.0. The van der Waals surface area contributed by atoms with Gasteiger partial charge in [0.1, 0.15) is 4.91 Å². The zero-order chi connectivity index (χ0) is 22.3. The molecule has 0 aromatic heterocycles. The van der Waals surface area contributed by atoms with E-state index in [1.54, 1.807) is 60.7 Å². The second-order valence-corrected chi connectivity index (χ2v) is 10.5. The molecule has 0 bridgehead atoms. The lowest BCUT2D eigenvalue weighted by molar-refractivity contribution is -0.114. The number of benzene rings is 3. The number of carbonyl (C=O) groups excluding carboxylic acids is 1. The Bertz CT molecular complexity index is 1300. The molecule has 1 aliphatic rings. The number of nitrogens with zero attached hydrogens (tertiary/aromatic N) is 1. The van der Waals surface area contributed by atoms with E-state index in [2.05, 4.69) is 0 Å². The molecule has 0 N–H and O–H groups in total. The monoisotopic (exact) mass is 511 g/mol. The van der Waals surface area contributed by atoms with Crippen molar-refractivity contribution < 1.29 is 13.2 Å².